The minimum atomic E-state index is -1.45. The monoisotopic (exact) mass is 306 g/mol. The van der Waals surface area contributed by atoms with Gasteiger partial charge < -0.3 is 15.4 Å². The number of imide groups is 1. The van der Waals surface area contributed by atoms with E-state index in [0.717, 1.165) is 0 Å². The molecule has 1 fully saturated rings. The number of hydrogen-bond donors (Lipinski definition) is 3. The standard InChI is InChI=1S/C14H18N4O4/c1-13(2,3)22-12(21)16-8-14(9-6-4-5-7-15-9)10(19)17-11(20)18-14/h4-7H,8H2,1-3H3,(H,16,21)(H2,17,18,19,20)/t14-/m1/s1. The first-order valence-electron chi connectivity index (χ1n) is 6.75. The van der Waals surface area contributed by atoms with Crippen molar-refractivity contribution >= 4 is 18.0 Å². The molecule has 0 unspecified atom stereocenters. The largest absolute Gasteiger partial charge is 0.444 e. The molecule has 2 heterocycles. The van der Waals surface area contributed by atoms with E-state index in [-0.39, 0.29) is 6.54 Å². The van der Waals surface area contributed by atoms with E-state index in [0.29, 0.717) is 5.69 Å². The van der Waals surface area contributed by atoms with Crippen LogP contribution in [0.25, 0.3) is 0 Å². The second-order valence-corrected chi connectivity index (χ2v) is 5.88. The lowest BCUT2D eigenvalue weighted by molar-refractivity contribution is -0.124. The predicted molar refractivity (Wildman–Crippen MR) is 76.8 cm³/mol. The average molecular weight is 306 g/mol. The Labute approximate surface area is 127 Å². The zero-order chi connectivity index (χ0) is 16.4. The summed E-state index contributed by atoms with van der Waals surface area (Å²) in [4.78, 5) is 39.6. The van der Waals surface area contributed by atoms with E-state index in [2.05, 4.69) is 20.9 Å². The molecule has 0 aliphatic carbocycles. The van der Waals surface area contributed by atoms with E-state index in [9.17, 15) is 14.4 Å². The molecular weight excluding hydrogens is 288 g/mol. The van der Waals surface area contributed by atoms with Crippen molar-refractivity contribution in [2.45, 2.75) is 31.9 Å². The molecule has 0 spiro atoms. The summed E-state index contributed by atoms with van der Waals surface area (Å²) in [5.74, 6) is -0.577. The summed E-state index contributed by atoms with van der Waals surface area (Å²) in [6.07, 6.45) is 0.819. The van der Waals surface area contributed by atoms with E-state index in [4.69, 9.17) is 4.74 Å². The summed E-state index contributed by atoms with van der Waals surface area (Å²) in [5, 5.41) is 7.17. The highest BCUT2D eigenvalue weighted by molar-refractivity contribution is 6.07. The van der Waals surface area contributed by atoms with Gasteiger partial charge in [-0.05, 0) is 32.9 Å². The Hall–Kier alpha value is -2.64. The van der Waals surface area contributed by atoms with Gasteiger partial charge in [0, 0.05) is 6.20 Å². The second-order valence-electron chi connectivity index (χ2n) is 5.88. The van der Waals surface area contributed by atoms with E-state index in [1.807, 2.05) is 0 Å². The highest BCUT2D eigenvalue weighted by atomic mass is 16.6. The number of pyridine rings is 1. The van der Waals surface area contributed by atoms with Crippen molar-refractivity contribution in [2.24, 2.45) is 0 Å². The number of ether oxygens (including phenoxy) is 1. The van der Waals surface area contributed by atoms with Gasteiger partial charge in [0.25, 0.3) is 5.91 Å². The molecule has 8 heteroatoms. The van der Waals surface area contributed by atoms with Gasteiger partial charge >= 0.3 is 12.1 Å². The zero-order valence-electron chi connectivity index (χ0n) is 12.6. The molecule has 1 aromatic rings. The van der Waals surface area contributed by atoms with Crippen molar-refractivity contribution in [3.8, 4) is 0 Å². The predicted octanol–water partition coefficient (Wildman–Crippen LogP) is 0.641. The first kappa shape index (κ1) is 15.7. The molecule has 0 radical (unpaired) electrons. The number of alkyl carbamates (subject to hydrolysis) is 1. The van der Waals surface area contributed by atoms with Crippen LogP contribution in [-0.2, 0) is 15.1 Å². The van der Waals surface area contributed by atoms with Crippen LogP contribution in [0.3, 0.4) is 0 Å². The fourth-order valence-corrected chi connectivity index (χ4v) is 2.02. The number of rotatable bonds is 3. The molecule has 22 heavy (non-hydrogen) atoms. The van der Waals surface area contributed by atoms with Crippen molar-refractivity contribution in [1.29, 1.82) is 0 Å². The first-order valence-corrected chi connectivity index (χ1v) is 6.75. The van der Waals surface area contributed by atoms with Crippen LogP contribution in [0.5, 0.6) is 0 Å². The third kappa shape index (κ3) is 3.33. The summed E-state index contributed by atoms with van der Waals surface area (Å²) in [5.41, 5.74) is -1.78. The molecule has 3 N–H and O–H groups in total. The quantitative estimate of drug-likeness (QED) is 0.710. The summed E-state index contributed by atoms with van der Waals surface area (Å²) in [7, 11) is 0. The van der Waals surface area contributed by atoms with Gasteiger partial charge in [0.15, 0.2) is 5.54 Å². The van der Waals surface area contributed by atoms with Crippen molar-refractivity contribution < 1.29 is 19.1 Å². The van der Waals surface area contributed by atoms with Gasteiger partial charge in [-0.1, -0.05) is 6.07 Å². The maximum absolute atomic E-state index is 12.2. The molecule has 1 saturated heterocycles. The molecule has 1 aliphatic heterocycles. The SMILES string of the molecule is CC(C)(C)OC(=O)NC[C@]1(c2ccccn2)NC(=O)NC1=O. The van der Waals surface area contributed by atoms with Crippen LogP contribution in [0.4, 0.5) is 9.59 Å². The van der Waals surface area contributed by atoms with Crippen molar-refractivity contribution in [1.82, 2.24) is 20.9 Å². The number of carbonyl (C=O) groups excluding carboxylic acids is 3. The van der Waals surface area contributed by atoms with Gasteiger partial charge in [-0.2, -0.15) is 0 Å². The van der Waals surface area contributed by atoms with Gasteiger partial charge in [-0.15, -0.1) is 0 Å². The molecule has 0 aromatic carbocycles. The highest BCUT2D eigenvalue weighted by Crippen LogP contribution is 2.22. The summed E-state index contributed by atoms with van der Waals surface area (Å²) >= 11 is 0. The molecule has 1 aliphatic rings. The zero-order valence-corrected chi connectivity index (χ0v) is 12.6. The normalized spacial score (nSPS) is 21.0. The summed E-state index contributed by atoms with van der Waals surface area (Å²) in [6, 6.07) is 4.34. The highest BCUT2D eigenvalue weighted by Gasteiger charge is 2.49. The topological polar surface area (TPSA) is 109 Å². The number of amides is 4. The van der Waals surface area contributed by atoms with Crippen LogP contribution in [0.1, 0.15) is 26.5 Å². The Kier molecular flexibility index (Phi) is 4.03. The number of aromatic nitrogens is 1. The van der Waals surface area contributed by atoms with Crippen LogP contribution < -0.4 is 16.0 Å². The van der Waals surface area contributed by atoms with E-state index in [1.54, 1.807) is 39.0 Å². The molecular formula is C14H18N4O4. The maximum Gasteiger partial charge on any atom is 0.407 e. The maximum atomic E-state index is 12.2. The van der Waals surface area contributed by atoms with Crippen molar-refractivity contribution in [3.63, 3.8) is 0 Å². The Morgan fingerprint density at radius 1 is 1.36 bits per heavy atom. The van der Waals surface area contributed by atoms with Crippen molar-refractivity contribution in [3.05, 3.63) is 30.1 Å². The lowest BCUT2D eigenvalue weighted by Gasteiger charge is -2.26. The van der Waals surface area contributed by atoms with E-state index >= 15 is 0 Å². The number of carbonyl (C=O) groups is 3. The number of hydrogen-bond acceptors (Lipinski definition) is 5. The van der Waals surface area contributed by atoms with E-state index < -0.39 is 29.2 Å². The Bertz CT molecular complexity index is 597. The Morgan fingerprint density at radius 2 is 2.09 bits per heavy atom. The minimum Gasteiger partial charge on any atom is -0.444 e. The molecule has 0 bridgehead atoms. The Balaban J connectivity index is 2.19. The fourth-order valence-electron chi connectivity index (χ4n) is 2.02. The van der Waals surface area contributed by atoms with Gasteiger partial charge in [-0.25, -0.2) is 9.59 Å². The average Bonchev–Trinajstić information content (AvgIpc) is 2.71. The summed E-state index contributed by atoms with van der Waals surface area (Å²) in [6.45, 7) is 5.01. The smallest absolute Gasteiger partial charge is 0.407 e. The third-order valence-corrected chi connectivity index (χ3v) is 2.94. The summed E-state index contributed by atoms with van der Waals surface area (Å²) < 4.78 is 5.13. The lowest BCUT2D eigenvalue weighted by Crippen LogP contribution is -2.53. The van der Waals surface area contributed by atoms with Crippen LogP contribution in [-0.4, -0.2) is 35.2 Å². The van der Waals surface area contributed by atoms with Crippen molar-refractivity contribution in [2.75, 3.05) is 6.54 Å². The van der Waals surface area contributed by atoms with Crippen LogP contribution in [0.2, 0.25) is 0 Å². The second kappa shape index (κ2) is 5.63. The molecule has 118 valence electrons. The van der Waals surface area contributed by atoms with Crippen LogP contribution in [0, 0.1) is 0 Å². The van der Waals surface area contributed by atoms with Gasteiger partial charge in [0.05, 0.1) is 12.2 Å². The third-order valence-electron chi connectivity index (χ3n) is 2.94. The van der Waals surface area contributed by atoms with Gasteiger partial charge in [-0.3, -0.25) is 15.1 Å². The molecule has 1 aromatic heterocycles. The molecule has 0 saturated carbocycles. The molecule has 1 atom stereocenters. The lowest BCUT2D eigenvalue weighted by atomic mass is 9.94. The number of nitrogens with zero attached hydrogens (tertiary/aromatic N) is 1. The molecule has 4 amide bonds. The number of urea groups is 1. The van der Waals surface area contributed by atoms with Crippen LogP contribution in [0.15, 0.2) is 24.4 Å². The van der Waals surface area contributed by atoms with Gasteiger partial charge in [0.2, 0.25) is 0 Å². The van der Waals surface area contributed by atoms with Gasteiger partial charge in [0.1, 0.15) is 5.60 Å². The fraction of sp³-hybridized carbons (Fsp3) is 0.429. The molecule has 2 rings (SSSR count). The minimum absolute atomic E-state index is 0.170. The molecule has 8 nitrogen and oxygen atoms in total. The first-order chi connectivity index (χ1) is 10.2. The number of nitrogens with one attached hydrogen (secondary N) is 3. The van der Waals surface area contributed by atoms with Crippen LogP contribution >= 0.6 is 0 Å². The Morgan fingerprint density at radius 3 is 2.59 bits per heavy atom. The van der Waals surface area contributed by atoms with E-state index in [1.165, 1.54) is 6.20 Å².